The Morgan fingerprint density at radius 2 is 1.46 bits per heavy atom. The Balaban J connectivity index is 1.98. The van der Waals surface area contributed by atoms with E-state index >= 15 is 0 Å². The quantitative estimate of drug-likeness (QED) is 0.487. The van der Waals surface area contributed by atoms with E-state index in [2.05, 4.69) is 107 Å². The van der Waals surface area contributed by atoms with Gasteiger partial charge in [-0.05, 0) is 84.3 Å². The Labute approximate surface area is 169 Å². The highest BCUT2D eigenvalue weighted by Gasteiger charge is 2.27. The third kappa shape index (κ3) is 2.96. The van der Waals surface area contributed by atoms with Crippen LogP contribution in [0.5, 0.6) is 0 Å². The highest BCUT2D eigenvalue weighted by Crippen LogP contribution is 2.45. The summed E-state index contributed by atoms with van der Waals surface area (Å²) in [5.41, 5.74) is 13.6. The van der Waals surface area contributed by atoms with E-state index in [9.17, 15) is 0 Å². The van der Waals surface area contributed by atoms with E-state index in [0.29, 0.717) is 5.92 Å². The number of fused-ring (bicyclic) bond motifs is 1. The fraction of sp³-hybridized carbons (Fsp3) is 0.259. The van der Waals surface area contributed by atoms with Gasteiger partial charge in [0.05, 0.1) is 0 Å². The lowest BCUT2D eigenvalue weighted by Gasteiger charge is -2.24. The summed E-state index contributed by atoms with van der Waals surface area (Å²) < 4.78 is 0. The van der Waals surface area contributed by atoms with Crippen molar-refractivity contribution in [2.75, 3.05) is 19.0 Å². The maximum absolute atomic E-state index is 2.36. The summed E-state index contributed by atoms with van der Waals surface area (Å²) >= 11 is 0. The van der Waals surface area contributed by atoms with Crippen LogP contribution in [-0.4, -0.2) is 14.1 Å². The van der Waals surface area contributed by atoms with Gasteiger partial charge in [-0.3, -0.25) is 0 Å². The van der Waals surface area contributed by atoms with Gasteiger partial charge in [-0.2, -0.15) is 0 Å². The molecule has 142 valence electrons. The second kappa shape index (κ2) is 6.98. The number of benzene rings is 3. The van der Waals surface area contributed by atoms with Gasteiger partial charge in [-0.1, -0.05) is 54.1 Å². The van der Waals surface area contributed by atoms with Crippen molar-refractivity contribution in [1.82, 2.24) is 0 Å². The van der Waals surface area contributed by atoms with Gasteiger partial charge in [0.15, 0.2) is 0 Å². The van der Waals surface area contributed by atoms with E-state index < -0.39 is 0 Å². The summed E-state index contributed by atoms with van der Waals surface area (Å²) in [4.78, 5) is 2.19. The first-order valence-electron chi connectivity index (χ1n) is 10.0. The molecule has 1 atom stereocenters. The van der Waals surface area contributed by atoms with Crippen LogP contribution in [0.25, 0.3) is 17.2 Å². The van der Waals surface area contributed by atoms with Crippen molar-refractivity contribution >= 4 is 11.8 Å². The zero-order valence-corrected chi connectivity index (χ0v) is 17.8. The Kier molecular flexibility index (Phi) is 4.63. The van der Waals surface area contributed by atoms with Crippen molar-refractivity contribution in [2.45, 2.75) is 33.6 Å². The fourth-order valence-electron chi connectivity index (χ4n) is 4.45. The fourth-order valence-corrected chi connectivity index (χ4v) is 4.45. The van der Waals surface area contributed by atoms with Crippen LogP contribution in [0.2, 0.25) is 0 Å². The first kappa shape index (κ1) is 18.6. The van der Waals surface area contributed by atoms with Gasteiger partial charge in [0.1, 0.15) is 0 Å². The zero-order valence-electron chi connectivity index (χ0n) is 17.8. The van der Waals surface area contributed by atoms with E-state index in [4.69, 9.17) is 0 Å². The van der Waals surface area contributed by atoms with Crippen molar-refractivity contribution in [1.29, 1.82) is 0 Å². The molecule has 1 unspecified atom stereocenters. The van der Waals surface area contributed by atoms with Crippen LogP contribution < -0.4 is 4.90 Å². The molecule has 0 amide bonds. The van der Waals surface area contributed by atoms with E-state index in [1.54, 1.807) is 0 Å². The number of allylic oxidation sites excluding steroid dienone is 1. The molecule has 0 fully saturated rings. The molecule has 0 saturated heterocycles. The standard InChI is InChI=1S/C27H29N/c1-17-11-13-23(20(4)19(17)3)26-16-22(28(5)6)12-14-25(26)27-18(2)15-21-9-7-8-10-24(21)27/h7-16,27H,1-6H3. The molecular formula is C27H29N. The van der Waals surface area contributed by atoms with Gasteiger partial charge >= 0.3 is 0 Å². The summed E-state index contributed by atoms with van der Waals surface area (Å²) in [6.45, 7) is 8.96. The third-order valence-corrected chi connectivity index (χ3v) is 6.36. The molecule has 4 rings (SSSR count). The van der Waals surface area contributed by atoms with Crippen LogP contribution in [0, 0.1) is 20.8 Å². The van der Waals surface area contributed by atoms with Crippen LogP contribution >= 0.6 is 0 Å². The summed E-state index contributed by atoms with van der Waals surface area (Å²) in [7, 11) is 4.23. The molecule has 0 spiro atoms. The monoisotopic (exact) mass is 367 g/mol. The lowest BCUT2D eigenvalue weighted by Crippen LogP contribution is -2.10. The first-order valence-corrected chi connectivity index (χ1v) is 10.0. The molecule has 0 bridgehead atoms. The SMILES string of the molecule is CC1=Cc2ccccc2C1c1ccc(N(C)C)cc1-c1ccc(C)c(C)c1C. The predicted molar refractivity (Wildman–Crippen MR) is 122 cm³/mol. The van der Waals surface area contributed by atoms with Crippen molar-refractivity contribution in [3.63, 3.8) is 0 Å². The summed E-state index contributed by atoms with van der Waals surface area (Å²) in [6.07, 6.45) is 2.34. The number of hydrogen-bond donors (Lipinski definition) is 0. The molecule has 1 heteroatoms. The highest BCUT2D eigenvalue weighted by atomic mass is 15.1. The molecule has 0 N–H and O–H groups in total. The zero-order chi connectivity index (χ0) is 20.0. The van der Waals surface area contributed by atoms with Gasteiger partial charge in [-0.25, -0.2) is 0 Å². The second-order valence-corrected chi connectivity index (χ2v) is 8.30. The van der Waals surface area contributed by atoms with Gasteiger partial charge < -0.3 is 4.90 Å². The number of nitrogens with zero attached hydrogens (tertiary/aromatic N) is 1. The summed E-state index contributed by atoms with van der Waals surface area (Å²) in [5, 5.41) is 0. The molecule has 0 aliphatic heterocycles. The molecule has 28 heavy (non-hydrogen) atoms. The molecule has 1 aliphatic carbocycles. The van der Waals surface area contributed by atoms with E-state index in [0.717, 1.165) is 0 Å². The van der Waals surface area contributed by atoms with Gasteiger partial charge in [0.25, 0.3) is 0 Å². The second-order valence-electron chi connectivity index (χ2n) is 8.30. The maximum Gasteiger partial charge on any atom is 0.0367 e. The van der Waals surface area contributed by atoms with Gasteiger partial charge in [0.2, 0.25) is 0 Å². The molecule has 0 saturated carbocycles. The van der Waals surface area contributed by atoms with Gasteiger partial charge in [-0.15, -0.1) is 0 Å². The first-order chi connectivity index (χ1) is 13.4. The Morgan fingerprint density at radius 3 is 2.21 bits per heavy atom. The normalized spacial score (nSPS) is 15.4. The van der Waals surface area contributed by atoms with Gasteiger partial charge in [0, 0.05) is 25.7 Å². The van der Waals surface area contributed by atoms with Crippen molar-refractivity contribution in [2.24, 2.45) is 0 Å². The summed E-state index contributed by atoms with van der Waals surface area (Å²) in [5.74, 6) is 0.323. The number of rotatable bonds is 3. The van der Waals surface area contributed by atoms with Crippen molar-refractivity contribution in [3.8, 4) is 11.1 Å². The third-order valence-electron chi connectivity index (χ3n) is 6.36. The Hall–Kier alpha value is -2.80. The molecule has 1 nitrogen and oxygen atoms in total. The molecule has 1 aliphatic rings. The molecule has 0 heterocycles. The molecular weight excluding hydrogens is 338 g/mol. The lowest BCUT2D eigenvalue weighted by molar-refractivity contribution is 0.976. The van der Waals surface area contributed by atoms with Crippen LogP contribution in [0.4, 0.5) is 5.69 Å². The topological polar surface area (TPSA) is 3.24 Å². The van der Waals surface area contributed by atoms with Crippen LogP contribution in [0.15, 0.2) is 60.2 Å². The summed E-state index contributed by atoms with van der Waals surface area (Å²) in [6, 6.07) is 20.3. The average Bonchev–Trinajstić information content (AvgIpc) is 3.01. The molecule has 0 aromatic heterocycles. The Morgan fingerprint density at radius 1 is 0.714 bits per heavy atom. The Bertz CT molecular complexity index is 1090. The molecule has 3 aromatic carbocycles. The predicted octanol–water partition coefficient (Wildman–Crippen LogP) is 6.89. The van der Waals surface area contributed by atoms with Crippen LogP contribution in [-0.2, 0) is 0 Å². The van der Waals surface area contributed by atoms with Crippen LogP contribution in [0.3, 0.4) is 0 Å². The van der Waals surface area contributed by atoms with E-state index in [1.165, 1.54) is 55.8 Å². The average molecular weight is 368 g/mol. The van der Waals surface area contributed by atoms with Crippen LogP contribution in [0.1, 0.15) is 46.2 Å². The van der Waals surface area contributed by atoms with Crippen molar-refractivity contribution < 1.29 is 0 Å². The van der Waals surface area contributed by atoms with E-state index in [-0.39, 0.29) is 0 Å². The molecule has 3 aromatic rings. The van der Waals surface area contributed by atoms with Crippen molar-refractivity contribution in [3.05, 3.63) is 93.6 Å². The smallest absolute Gasteiger partial charge is 0.0367 e. The minimum Gasteiger partial charge on any atom is -0.378 e. The maximum atomic E-state index is 2.36. The number of aryl methyl sites for hydroxylation is 1. The minimum absolute atomic E-state index is 0.323. The van der Waals surface area contributed by atoms with E-state index in [1.807, 2.05) is 0 Å². The molecule has 0 radical (unpaired) electrons. The highest BCUT2D eigenvalue weighted by molar-refractivity contribution is 5.80. The largest absolute Gasteiger partial charge is 0.378 e. The minimum atomic E-state index is 0.323. The lowest BCUT2D eigenvalue weighted by atomic mass is 9.82. The number of hydrogen-bond acceptors (Lipinski definition) is 1. The number of anilines is 1.